The molecule has 0 saturated carbocycles. The Bertz CT molecular complexity index is 243. The molecule has 66 valence electrons. The van der Waals surface area contributed by atoms with Crippen molar-refractivity contribution in [2.24, 2.45) is 0 Å². The van der Waals surface area contributed by atoms with Gasteiger partial charge >= 0.3 is 0 Å². The van der Waals surface area contributed by atoms with Gasteiger partial charge in [0, 0.05) is 11.7 Å². The first kappa shape index (κ1) is 9.11. The molecule has 1 N–H and O–H groups in total. The second-order valence-electron chi connectivity index (χ2n) is 3.32. The SMILES string of the molecule is CCC(C)Nc1cccc(C)c1. The van der Waals surface area contributed by atoms with Gasteiger partial charge in [0.25, 0.3) is 0 Å². The van der Waals surface area contributed by atoms with Crippen molar-refractivity contribution in [3.8, 4) is 0 Å². The molecule has 0 aromatic heterocycles. The first-order valence-corrected chi connectivity index (χ1v) is 4.55. The van der Waals surface area contributed by atoms with Gasteiger partial charge in [-0.3, -0.25) is 0 Å². The van der Waals surface area contributed by atoms with Gasteiger partial charge in [-0.1, -0.05) is 19.1 Å². The molecule has 0 aliphatic heterocycles. The Morgan fingerprint density at radius 2 is 2.17 bits per heavy atom. The van der Waals surface area contributed by atoms with E-state index in [0.717, 1.165) is 6.42 Å². The zero-order chi connectivity index (χ0) is 8.97. The van der Waals surface area contributed by atoms with Gasteiger partial charge in [0.05, 0.1) is 0 Å². The summed E-state index contributed by atoms with van der Waals surface area (Å²) in [5, 5.41) is 3.43. The quantitative estimate of drug-likeness (QED) is 0.721. The van der Waals surface area contributed by atoms with Crippen molar-refractivity contribution < 1.29 is 0 Å². The van der Waals surface area contributed by atoms with E-state index in [1.54, 1.807) is 0 Å². The van der Waals surface area contributed by atoms with Gasteiger partial charge in [-0.25, -0.2) is 0 Å². The van der Waals surface area contributed by atoms with Gasteiger partial charge in [0.1, 0.15) is 0 Å². The van der Waals surface area contributed by atoms with Crippen molar-refractivity contribution in [2.75, 3.05) is 5.32 Å². The molecule has 12 heavy (non-hydrogen) atoms. The maximum atomic E-state index is 3.43. The fraction of sp³-hybridized carbons (Fsp3) is 0.455. The van der Waals surface area contributed by atoms with Crippen LogP contribution in [0.25, 0.3) is 0 Å². The molecule has 1 heteroatoms. The highest BCUT2D eigenvalue weighted by atomic mass is 14.9. The van der Waals surface area contributed by atoms with Crippen molar-refractivity contribution >= 4 is 5.69 Å². The summed E-state index contributed by atoms with van der Waals surface area (Å²) in [6.07, 6.45) is 1.16. The molecular formula is C11H17N. The molecule has 1 rings (SSSR count). The van der Waals surface area contributed by atoms with E-state index in [9.17, 15) is 0 Å². The zero-order valence-electron chi connectivity index (χ0n) is 8.09. The minimum Gasteiger partial charge on any atom is -0.383 e. The Kier molecular flexibility index (Phi) is 3.15. The van der Waals surface area contributed by atoms with Gasteiger partial charge in [-0.05, 0) is 38.0 Å². The standard InChI is InChI=1S/C11H17N/c1-4-10(3)12-11-7-5-6-9(2)8-11/h5-8,10,12H,4H2,1-3H3. The van der Waals surface area contributed by atoms with Crippen LogP contribution in [0.2, 0.25) is 0 Å². The number of benzene rings is 1. The summed E-state index contributed by atoms with van der Waals surface area (Å²) in [7, 11) is 0. The van der Waals surface area contributed by atoms with Crippen molar-refractivity contribution in [1.29, 1.82) is 0 Å². The molecule has 0 aliphatic carbocycles. The lowest BCUT2D eigenvalue weighted by Gasteiger charge is -2.12. The number of aryl methyl sites for hydroxylation is 1. The van der Waals surface area contributed by atoms with Crippen LogP contribution >= 0.6 is 0 Å². The molecule has 1 aromatic carbocycles. The summed E-state index contributed by atoms with van der Waals surface area (Å²) in [5.41, 5.74) is 2.53. The molecule has 1 unspecified atom stereocenters. The lowest BCUT2D eigenvalue weighted by atomic mass is 10.2. The van der Waals surface area contributed by atoms with Crippen LogP contribution in [0.3, 0.4) is 0 Å². The van der Waals surface area contributed by atoms with Crippen molar-refractivity contribution in [1.82, 2.24) is 0 Å². The maximum absolute atomic E-state index is 3.43. The van der Waals surface area contributed by atoms with E-state index in [0.29, 0.717) is 6.04 Å². The summed E-state index contributed by atoms with van der Waals surface area (Å²) in [5.74, 6) is 0. The summed E-state index contributed by atoms with van der Waals surface area (Å²) in [6, 6.07) is 9.04. The third-order valence-electron chi connectivity index (χ3n) is 2.04. The van der Waals surface area contributed by atoms with E-state index in [1.807, 2.05) is 0 Å². The molecule has 0 saturated heterocycles. The number of hydrogen-bond donors (Lipinski definition) is 1. The molecule has 1 aromatic rings. The number of rotatable bonds is 3. The smallest absolute Gasteiger partial charge is 0.0344 e. The van der Waals surface area contributed by atoms with Crippen molar-refractivity contribution in [3.63, 3.8) is 0 Å². The van der Waals surface area contributed by atoms with Gasteiger partial charge in [-0.2, -0.15) is 0 Å². The Hall–Kier alpha value is -0.980. The highest BCUT2D eigenvalue weighted by Gasteiger charge is 1.97. The molecule has 1 nitrogen and oxygen atoms in total. The predicted molar refractivity (Wildman–Crippen MR) is 54.6 cm³/mol. The topological polar surface area (TPSA) is 12.0 Å². The Balaban J connectivity index is 2.63. The lowest BCUT2D eigenvalue weighted by molar-refractivity contribution is 0.764. The third kappa shape index (κ3) is 2.57. The summed E-state index contributed by atoms with van der Waals surface area (Å²) < 4.78 is 0. The number of nitrogens with one attached hydrogen (secondary N) is 1. The zero-order valence-corrected chi connectivity index (χ0v) is 8.09. The molecule has 0 amide bonds. The average Bonchev–Trinajstić information content (AvgIpc) is 2.04. The van der Waals surface area contributed by atoms with Crippen LogP contribution in [-0.2, 0) is 0 Å². The summed E-state index contributed by atoms with van der Waals surface area (Å²) in [6.45, 7) is 6.50. The highest BCUT2D eigenvalue weighted by Crippen LogP contribution is 2.11. The minimum absolute atomic E-state index is 0.562. The number of hydrogen-bond acceptors (Lipinski definition) is 1. The van der Waals surface area contributed by atoms with E-state index < -0.39 is 0 Å². The van der Waals surface area contributed by atoms with Crippen molar-refractivity contribution in [2.45, 2.75) is 33.2 Å². The van der Waals surface area contributed by atoms with E-state index in [4.69, 9.17) is 0 Å². The fourth-order valence-corrected chi connectivity index (χ4v) is 1.12. The monoisotopic (exact) mass is 163 g/mol. The molecule has 0 radical (unpaired) electrons. The Labute approximate surface area is 74.8 Å². The minimum atomic E-state index is 0.562. The van der Waals surface area contributed by atoms with Crippen LogP contribution in [-0.4, -0.2) is 6.04 Å². The average molecular weight is 163 g/mol. The van der Waals surface area contributed by atoms with Gasteiger partial charge in [-0.15, -0.1) is 0 Å². The van der Waals surface area contributed by atoms with Crippen LogP contribution < -0.4 is 5.32 Å². The molecule has 0 aliphatic rings. The van der Waals surface area contributed by atoms with Gasteiger partial charge in [0.2, 0.25) is 0 Å². The summed E-state index contributed by atoms with van der Waals surface area (Å²) >= 11 is 0. The first-order chi connectivity index (χ1) is 5.72. The lowest BCUT2D eigenvalue weighted by Crippen LogP contribution is -2.13. The van der Waals surface area contributed by atoms with E-state index in [-0.39, 0.29) is 0 Å². The number of anilines is 1. The van der Waals surface area contributed by atoms with E-state index in [2.05, 4.69) is 50.4 Å². The fourth-order valence-electron chi connectivity index (χ4n) is 1.12. The van der Waals surface area contributed by atoms with Gasteiger partial charge < -0.3 is 5.32 Å². The third-order valence-corrected chi connectivity index (χ3v) is 2.04. The first-order valence-electron chi connectivity index (χ1n) is 4.55. The van der Waals surface area contributed by atoms with Crippen molar-refractivity contribution in [3.05, 3.63) is 29.8 Å². The molecular weight excluding hydrogens is 146 g/mol. The Morgan fingerprint density at radius 1 is 1.42 bits per heavy atom. The van der Waals surface area contributed by atoms with Crippen LogP contribution in [0.1, 0.15) is 25.8 Å². The maximum Gasteiger partial charge on any atom is 0.0344 e. The van der Waals surface area contributed by atoms with Gasteiger partial charge in [0.15, 0.2) is 0 Å². The van der Waals surface area contributed by atoms with Crippen LogP contribution in [0.15, 0.2) is 24.3 Å². The van der Waals surface area contributed by atoms with E-state index >= 15 is 0 Å². The Morgan fingerprint density at radius 3 is 2.75 bits per heavy atom. The molecule has 0 heterocycles. The van der Waals surface area contributed by atoms with Crippen LogP contribution in [0.4, 0.5) is 5.69 Å². The molecule has 0 fully saturated rings. The van der Waals surface area contributed by atoms with Crippen LogP contribution in [0, 0.1) is 6.92 Å². The molecule has 0 spiro atoms. The largest absolute Gasteiger partial charge is 0.383 e. The second-order valence-corrected chi connectivity index (χ2v) is 3.32. The normalized spacial score (nSPS) is 12.6. The van der Waals surface area contributed by atoms with Crippen LogP contribution in [0.5, 0.6) is 0 Å². The second kappa shape index (κ2) is 4.15. The van der Waals surface area contributed by atoms with E-state index in [1.165, 1.54) is 11.3 Å². The molecule has 0 bridgehead atoms. The highest BCUT2D eigenvalue weighted by molar-refractivity contribution is 5.45. The predicted octanol–water partition coefficient (Wildman–Crippen LogP) is 3.21. The summed E-state index contributed by atoms with van der Waals surface area (Å²) in [4.78, 5) is 0. The molecule has 1 atom stereocenters.